The minimum absolute atomic E-state index is 0.187. The van der Waals surface area contributed by atoms with Crippen LogP contribution in [-0.4, -0.2) is 35.0 Å². The fourth-order valence-electron chi connectivity index (χ4n) is 4.22. The van der Waals surface area contributed by atoms with E-state index in [4.69, 9.17) is 0 Å². The maximum Gasteiger partial charge on any atom is 0.288 e. The van der Waals surface area contributed by atoms with Gasteiger partial charge in [-0.05, 0) is 67.5 Å². The zero-order chi connectivity index (χ0) is 25.4. The van der Waals surface area contributed by atoms with Crippen molar-refractivity contribution < 1.29 is 9.90 Å². The molecule has 6 heteroatoms. The van der Waals surface area contributed by atoms with Crippen LogP contribution in [0.15, 0.2) is 53.6 Å². The second-order valence-electron chi connectivity index (χ2n) is 11.3. The third-order valence-electron chi connectivity index (χ3n) is 6.65. The van der Waals surface area contributed by atoms with Gasteiger partial charge in [-0.25, -0.2) is 0 Å². The molecule has 35 heavy (non-hydrogen) atoms. The summed E-state index contributed by atoms with van der Waals surface area (Å²) in [5.41, 5.74) is 3.78. The first-order valence-electron chi connectivity index (χ1n) is 12.3. The lowest BCUT2D eigenvalue weighted by Gasteiger charge is -2.29. The highest BCUT2D eigenvalue weighted by molar-refractivity contribution is 7.15. The molecule has 0 saturated carbocycles. The number of allylic oxidation sites excluding steroid dienone is 4. The maximum absolute atomic E-state index is 13.1. The van der Waals surface area contributed by atoms with E-state index >= 15 is 0 Å². The van der Waals surface area contributed by atoms with Crippen LogP contribution in [0.25, 0.3) is 5.57 Å². The standard InChI is InChI=1S/C29H37N3O2S/c1-19(28(2,3)4)30-17-20-11-12-23-22(15-20)16-26(32(23)18-29(5,6)34)31-27(33)25-14-13-24(35-25)21-9-7-8-10-21/h7,9-15,19,30,34H,8,16-18H2,1-6H3/t19-/m0/s1. The number of rotatable bonds is 7. The minimum Gasteiger partial charge on any atom is -0.389 e. The smallest absolute Gasteiger partial charge is 0.288 e. The van der Waals surface area contributed by atoms with E-state index in [1.807, 2.05) is 17.0 Å². The molecule has 0 radical (unpaired) electrons. The van der Waals surface area contributed by atoms with Gasteiger partial charge in [0.2, 0.25) is 0 Å². The molecule has 1 aliphatic carbocycles. The van der Waals surface area contributed by atoms with Crippen molar-refractivity contribution in [3.63, 3.8) is 0 Å². The predicted molar refractivity (Wildman–Crippen MR) is 147 cm³/mol. The number of nitrogens with zero attached hydrogens (tertiary/aromatic N) is 2. The molecule has 1 atom stereocenters. The molecule has 2 aromatic rings. The van der Waals surface area contributed by atoms with Gasteiger partial charge in [-0.3, -0.25) is 4.79 Å². The highest BCUT2D eigenvalue weighted by Gasteiger charge is 2.31. The number of amidine groups is 1. The van der Waals surface area contributed by atoms with Crippen LogP contribution in [0.3, 0.4) is 0 Å². The lowest BCUT2D eigenvalue weighted by atomic mass is 9.88. The molecule has 2 aliphatic rings. The SMILES string of the molecule is C[C@H](NCc1ccc2c(c1)CC(=NC(=O)c1ccc(C3=CCC=C3)s1)N2CC(C)(C)O)C(C)(C)C. The van der Waals surface area contributed by atoms with Crippen LogP contribution in [0, 0.1) is 5.41 Å². The van der Waals surface area contributed by atoms with Crippen molar-refractivity contribution in [1.82, 2.24) is 5.32 Å². The molecule has 0 unspecified atom stereocenters. The molecule has 5 nitrogen and oxygen atoms in total. The van der Waals surface area contributed by atoms with E-state index < -0.39 is 5.60 Å². The Bertz CT molecular complexity index is 1190. The summed E-state index contributed by atoms with van der Waals surface area (Å²) in [6.45, 7) is 13.6. The van der Waals surface area contributed by atoms with Crippen LogP contribution in [0.5, 0.6) is 0 Å². The van der Waals surface area contributed by atoms with Crippen LogP contribution >= 0.6 is 11.3 Å². The first-order chi connectivity index (χ1) is 16.4. The number of thiophene rings is 1. The summed E-state index contributed by atoms with van der Waals surface area (Å²) >= 11 is 1.48. The number of amides is 1. The van der Waals surface area contributed by atoms with Gasteiger partial charge in [0, 0.05) is 29.6 Å². The van der Waals surface area contributed by atoms with Gasteiger partial charge in [0.1, 0.15) is 5.84 Å². The molecule has 1 amide bonds. The van der Waals surface area contributed by atoms with Crippen LogP contribution in [-0.2, 0) is 13.0 Å². The van der Waals surface area contributed by atoms with E-state index in [2.05, 4.69) is 74.4 Å². The lowest BCUT2D eigenvalue weighted by molar-refractivity contribution is 0.0901. The summed E-state index contributed by atoms with van der Waals surface area (Å²) in [4.78, 5) is 21.4. The van der Waals surface area contributed by atoms with Crippen molar-refractivity contribution in [2.24, 2.45) is 10.4 Å². The van der Waals surface area contributed by atoms with Crippen LogP contribution in [0.1, 0.15) is 73.6 Å². The zero-order valence-corrected chi connectivity index (χ0v) is 22.5. The number of nitrogens with one attached hydrogen (secondary N) is 1. The predicted octanol–water partition coefficient (Wildman–Crippen LogP) is 5.99. The molecule has 0 spiro atoms. The first-order valence-corrected chi connectivity index (χ1v) is 13.2. The Kier molecular flexibility index (Phi) is 7.18. The Morgan fingerprint density at radius 2 is 1.97 bits per heavy atom. The lowest BCUT2D eigenvalue weighted by Crippen LogP contribution is -2.40. The van der Waals surface area contributed by atoms with Crippen LogP contribution in [0.4, 0.5) is 5.69 Å². The molecular weight excluding hydrogens is 454 g/mol. The minimum atomic E-state index is -0.925. The summed E-state index contributed by atoms with van der Waals surface area (Å²) in [6, 6.07) is 10.7. The Morgan fingerprint density at radius 3 is 2.63 bits per heavy atom. The molecule has 0 bridgehead atoms. The number of hydrogen-bond acceptors (Lipinski definition) is 4. The Labute approximate surface area is 213 Å². The molecular formula is C29H37N3O2S. The Morgan fingerprint density at radius 1 is 1.20 bits per heavy atom. The number of aliphatic hydroxyl groups is 1. The van der Waals surface area contributed by atoms with E-state index in [1.54, 1.807) is 13.8 Å². The highest BCUT2D eigenvalue weighted by Crippen LogP contribution is 2.33. The van der Waals surface area contributed by atoms with E-state index in [9.17, 15) is 9.90 Å². The number of carbonyl (C=O) groups is 1. The quantitative estimate of drug-likeness (QED) is 0.499. The monoisotopic (exact) mass is 491 g/mol. The molecule has 1 aromatic carbocycles. The van der Waals surface area contributed by atoms with E-state index in [-0.39, 0.29) is 11.3 Å². The topological polar surface area (TPSA) is 64.9 Å². The van der Waals surface area contributed by atoms with Gasteiger partial charge in [-0.2, -0.15) is 4.99 Å². The van der Waals surface area contributed by atoms with Crippen LogP contribution < -0.4 is 10.2 Å². The second kappa shape index (κ2) is 9.84. The Balaban J connectivity index is 1.56. The second-order valence-corrected chi connectivity index (χ2v) is 12.4. The van der Waals surface area contributed by atoms with Gasteiger partial charge in [0.05, 0.1) is 17.0 Å². The molecule has 0 saturated heterocycles. The van der Waals surface area contributed by atoms with Gasteiger partial charge < -0.3 is 15.3 Å². The van der Waals surface area contributed by atoms with Gasteiger partial charge >= 0.3 is 0 Å². The number of fused-ring (bicyclic) bond motifs is 1. The summed E-state index contributed by atoms with van der Waals surface area (Å²) in [5.74, 6) is 0.462. The molecule has 4 rings (SSSR count). The number of aliphatic imine (C=N–C) groups is 1. The van der Waals surface area contributed by atoms with Gasteiger partial charge in [-0.1, -0.05) is 51.1 Å². The fraction of sp³-hybridized carbons (Fsp3) is 0.448. The number of benzene rings is 1. The van der Waals surface area contributed by atoms with Gasteiger partial charge in [0.15, 0.2) is 0 Å². The number of carbonyl (C=O) groups excluding carboxylic acids is 1. The van der Waals surface area contributed by atoms with E-state index in [0.717, 1.165) is 29.1 Å². The number of anilines is 1. The molecule has 0 fully saturated rings. The third-order valence-corrected chi connectivity index (χ3v) is 7.78. The summed E-state index contributed by atoms with van der Waals surface area (Å²) in [7, 11) is 0. The summed E-state index contributed by atoms with van der Waals surface area (Å²) < 4.78 is 0. The van der Waals surface area contributed by atoms with Crippen molar-refractivity contribution in [1.29, 1.82) is 0 Å². The van der Waals surface area contributed by atoms with E-state index in [1.165, 1.54) is 22.5 Å². The average molecular weight is 492 g/mol. The van der Waals surface area contributed by atoms with Gasteiger partial charge in [-0.15, -0.1) is 11.3 Å². The first kappa shape index (κ1) is 25.5. The third kappa shape index (κ3) is 6.18. The van der Waals surface area contributed by atoms with Crippen LogP contribution in [0.2, 0.25) is 0 Å². The molecule has 1 aliphatic heterocycles. The molecule has 2 heterocycles. The normalized spacial score (nSPS) is 17.7. The number of β-amino-alcohol motifs (C(OH)–C–C–N with tert-alkyl or cyclic N) is 1. The van der Waals surface area contributed by atoms with Crippen molar-refractivity contribution in [2.45, 2.75) is 72.6 Å². The van der Waals surface area contributed by atoms with Crippen molar-refractivity contribution in [2.75, 3.05) is 11.4 Å². The summed E-state index contributed by atoms with van der Waals surface area (Å²) in [5, 5.41) is 14.2. The van der Waals surface area contributed by atoms with Gasteiger partial charge in [0.25, 0.3) is 5.91 Å². The fourth-order valence-corrected chi connectivity index (χ4v) is 5.13. The largest absolute Gasteiger partial charge is 0.389 e. The molecule has 1 aromatic heterocycles. The zero-order valence-electron chi connectivity index (χ0n) is 21.7. The van der Waals surface area contributed by atoms with Crippen molar-refractivity contribution >= 4 is 34.3 Å². The Hall–Kier alpha value is -2.54. The van der Waals surface area contributed by atoms with E-state index in [0.29, 0.717) is 29.7 Å². The molecule has 2 N–H and O–H groups in total. The molecule has 186 valence electrons. The number of hydrogen-bond donors (Lipinski definition) is 2. The maximum atomic E-state index is 13.1. The highest BCUT2D eigenvalue weighted by atomic mass is 32.1. The average Bonchev–Trinajstić information content (AvgIpc) is 3.51. The van der Waals surface area contributed by atoms with Crippen molar-refractivity contribution in [3.8, 4) is 0 Å². The van der Waals surface area contributed by atoms with Crippen molar-refractivity contribution in [3.05, 3.63) is 69.4 Å². The summed E-state index contributed by atoms with van der Waals surface area (Å²) in [6.07, 6.45) is 7.90.